The van der Waals surface area contributed by atoms with Gasteiger partial charge >= 0.3 is 5.97 Å². The summed E-state index contributed by atoms with van der Waals surface area (Å²) in [5.74, 6) is 0.174. The predicted molar refractivity (Wildman–Crippen MR) is 67.0 cm³/mol. The standard InChI is InChI=1S/C13H15NO5/c1-8(2)13(16)17-6-12(15)14-9-3-4-10-11(5-9)19-7-18-10/h3-5,8H,6-7H2,1-2H3,(H,14,15). The van der Waals surface area contributed by atoms with Gasteiger partial charge in [-0.2, -0.15) is 0 Å². The number of hydrogen-bond donors (Lipinski definition) is 1. The third kappa shape index (κ3) is 3.37. The first-order valence-corrected chi connectivity index (χ1v) is 5.92. The number of fused-ring (bicyclic) bond motifs is 1. The highest BCUT2D eigenvalue weighted by molar-refractivity contribution is 5.93. The van der Waals surface area contributed by atoms with Gasteiger partial charge in [-0.25, -0.2) is 0 Å². The van der Waals surface area contributed by atoms with Crippen molar-refractivity contribution < 1.29 is 23.8 Å². The number of rotatable bonds is 4. The molecule has 1 N–H and O–H groups in total. The Hall–Kier alpha value is -2.24. The second kappa shape index (κ2) is 5.60. The molecule has 0 aliphatic carbocycles. The van der Waals surface area contributed by atoms with Crippen LogP contribution in [0.2, 0.25) is 0 Å². The molecule has 19 heavy (non-hydrogen) atoms. The first kappa shape index (κ1) is 13.2. The van der Waals surface area contributed by atoms with Crippen LogP contribution in [0.4, 0.5) is 5.69 Å². The topological polar surface area (TPSA) is 73.9 Å². The Kier molecular flexibility index (Phi) is 3.89. The number of benzene rings is 1. The molecular weight excluding hydrogens is 250 g/mol. The summed E-state index contributed by atoms with van der Waals surface area (Å²) < 4.78 is 15.2. The molecule has 0 bridgehead atoms. The van der Waals surface area contributed by atoms with Gasteiger partial charge in [0.1, 0.15) is 0 Å². The zero-order valence-corrected chi connectivity index (χ0v) is 10.8. The molecule has 6 heteroatoms. The van der Waals surface area contributed by atoms with Crippen LogP contribution in [0.5, 0.6) is 11.5 Å². The molecule has 0 radical (unpaired) electrons. The van der Waals surface area contributed by atoms with Crippen molar-refractivity contribution in [2.45, 2.75) is 13.8 Å². The number of anilines is 1. The molecule has 1 amide bonds. The Bertz CT molecular complexity index is 498. The number of esters is 1. The van der Waals surface area contributed by atoms with Gasteiger partial charge in [-0.1, -0.05) is 13.8 Å². The average Bonchev–Trinajstić information content (AvgIpc) is 2.83. The van der Waals surface area contributed by atoms with Crippen LogP contribution in [0.15, 0.2) is 18.2 Å². The van der Waals surface area contributed by atoms with Crippen molar-refractivity contribution in [2.24, 2.45) is 5.92 Å². The summed E-state index contributed by atoms with van der Waals surface area (Å²) in [6.45, 7) is 3.29. The molecule has 1 aliphatic rings. The Labute approximate surface area is 110 Å². The van der Waals surface area contributed by atoms with Gasteiger partial charge in [0.15, 0.2) is 18.1 Å². The summed E-state index contributed by atoms with van der Waals surface area (Å²) in [5, 5.41) is 2.61. The molecule has 0 spiro atoms. The quantitative estimate of drug-likeness (QED) is 0.836. The van der Waals surface area contributed by atoms with E-state index in [1.807, 2.05) is 0 Å². The second-order valence-corrected chi connectivity index (χ2v) is 4.38. The van der Waals surface area contributed by atoms with Crippen LogP contribution in [0.3, 0.4) is 0 Å². The van der Waals surface area contributed by atoms with E-state index in [0.29, 0.717) is 17.2 Å². The van der Waals surface area contributed by atoms with E-state index >= 15 is 0 Å². The minimum Gasteiger partial charge on any atom is -0.455 e. The summed E-state index contributed by atoms with van der Waals surface area (Å²) in [4.78, 5) is 22.8. The summed E-state index contributed by atoms with van der Waals surface area (Å²) in [6, 6.07) is 5.05. The fourth-order valence-corrected chi connectivity index (χ4v) is 1.47. The maximum atomic E-state index is 11.6. The zero-order valence-electron chi connectivity index (χ0n) is 10.8. The van der Waals surface area contributed by atoms with Crippen LogP contribution >= 0.6 is 0 Å². The van der Waals surface area contributed by atoms with Gasteiger partial charge < -0.3 is 19.5 Å². The molecule has 0 saturated heterocycles. The summed E-state index contributed by atoms with van der Waals surface area (Å²) >= 11 is 0. The van der Waals surface area contributed by atoms with Crippen LogP contribution in [-0.4, -0.2) is 25.3 Å². The monoisotopic (exact) mass is 265 g/mol. The van der Waals surface area contributed by atoms with Gasteiger partial charge in [0.05, 0.1) is 5.92 Å². The van der Waals surface area contributed by atoms with Gasteiger partial charge in [-0.15, -0.1) is 0 Å². The molecule has 0 fully saturated rings. The van der Waals surface area contributed by atoms with Crippen molar-refractivity contribution in [3.63, 3.8) is 0 Å². The van der Waals surface area contributed by atoms with Crippen molar-refractivity contribution >= 4 is 17.6 Å². The Morgan fingerprint density at radius 1 is 1.32 bits per heavy atom. The van der Waals surface area contributed by atoms with Crippen LogP contribution in [-0.2, 0) is 14.3 Å². The number of amides is 1. The summed E-state index contributed by atoms with van der Waals surface area (Å²) in [6.07, 6.45) is 0. The Balaban J connectivity index is 1.87. The number of carbonyl (C=O) groups excluding carboxylic acids is 2. The van der Waals surface area contributed by atoms with E-state index in [1.54, 1.807) is 32.0 Å². The SMILES string of the molecule is CC(C)C(=O)OCC(=O)Nc1ccc2c(c1)OCO2. The van der Waals surface area contributed by atoms with Crippen molar-refractivity contribution in [1.82, 2.24) is 0 Å². The number of ether oxygens (including phenoxy) is 3. The summed E-state index contributed by atoms with van der Waals surface area (Å²) in [5.41, 5.74) is 0.565. The number of hydrogen-bond acceptors (Lipinski definition) is 5. The molecule has 1 aromatic rings. The van der Waals surface area contributed by atoms with E-state index in [-0.39, 0.29) is 19.3 Å². The smallest absolute Gasteiger partial charge is 0.308 e. The highest BCUT2D eigenvalue weighted by Gasteiger charge is 2.15. The van der Waals surface area contributed by atoms with Crippen LogP contribution in [0.1, 0.15) is 13.8 Å². The van der Waals surface area contributed by atoms with E-state index in [2.05, 4.69) is 5.32 Å². The van der Waals surface area contributed by atoms with E-state index in [0.717, 1.165) is 0 Å². The van der Waals surface area contributed by atoms with Crippen molar-refractivity contribution in [3.05, 3.63) is 18.2 Å². The van der Waals surface area contributed by atoms with Gasteiger partial charge in [0, 0.05) is 11.8 Å². The first-order chi connectivity index (χ1) is 9.06. The van der Waals surface area contributed by atoms with Crippen LogP contribution < -0.4 is 14.8 Å². The normalized spacial score (nSPS) is 12.4. The first-order valence-electron chi connectivity index (χ1n) is 5.92. The molecule has 6 nitrogen and oxygen atoms in total. The third-order valence-electron chi connectivity index (χ3n) is 2.47. The van der Waals surface area contributed by atoms with Crippen molar-refractivity contribution in [3.8, 4) is 11.5 Å². The maximum Gasteiger partial charge on any atom is 0.308 e. The predicted octanol–water partition coefficient (Wildman–Crippen LogP) is 1.55. The molecule has 1 aromatic carbocycles. The van der Waals surface area contributed by atoms with Crippen LogP contribution in [0.25, 0.3) is 0 Å². The average molecular weight is 265 g/mol. The van der Waals surface area contributed by atoms with Gasteiger partial charge in [-0.05, 0) is 12.1 Å². The Morgan fingerprint density at radius 3 is 2.79 bits per heavy atom. The molecule has 1 aliphatic heterocycles. The molecule has 102 valence electrons. The fourth-order valence-electron chi connectivity index (χ4n) is 1.47. The highest BCUT2D eigenvalue weighted by Crippen LogP contribution is 2.34. The lowest BCUT2D eigenvalue weighted by molar-refractivity contribution is -0.150. The van der Waals surface area contributed by atoms with Crippen LogP contribution in [0, 0.1) is 5.92 Å². The van der Waals surface area contributed by atoms with Gasteiger partial charge in [0.2, 0.25) is 6.79 Å². The molecule has 2 rings (SSSR count). The second-order valence-electron chi connectivity index (χ2n) is 4.38. The summed E-state index contributed by atoms with van der Waals surface area (Å²) in [7, 11) is 0. The Morgan fingerprint density at radius 2 is 2.05 bits per heavy atom. The lowest BCUT2D eigenvalue weighted by Gasteiger charge is -2.08. The minimum atomic E-state index is -0.402. The van der Waals surface area contributed by atoms with Gasteiger partial charge in [0.25, 0.3) is 5.91 Å². The van der Waals surface area contributed by atoms with Gasteiger partial charge in [-0.3, -0.25) is 9.59 Å². The molecule has 0 atom stereocenters. The molecule has 1 heterocycles. The number of nitrogens with one attached hydrogen (secondary N) is 1. The minimum absolute atomic E-state index is 0.179. The van der Waals surface area contributed by atoms with E-state index in [9.17, 15) is 9.59 Å². The zero-order chi connectivity index (χ0) is 13.8. The fraction of sp³-hybridized carbons (Fsp3) is 0.385. The third-order valence-corrected chi connectivity index (χ3v) is 2.47. The van der Waals surface area contributed by atoms with Crippen molar-refractivity contribution in [2.75, 3.05) is 18.7 Å². The number of carbonyl (C=O) groups is 2. The maximum absolute atomic E-state index is 11.6. The van der Waals surface area contributed by atoms with E-state index in [4.69, 9.17) is 14.2 Å². The largest absolute Gasteiger partial charge is 0.455 e. The van der Waals surface area contributed by atoms with Crippen molar-refractivity contribution in [1.29, 1.82) is 0 Å². The lowest BCUT2D eigenvalue weighted by Crippen LogP contribution is -2.22. The molecule has 0 saturated carbocycles. The molecular formula is C13H15NO5. The van der Waals surface area contributed by atoms with E-state index < -0.39 is 11.9 Å². The lowest BCUT2D eigenvalue weighted by atomic mass is 10.2. The van der Waals surface area contributed by atoms with E-state index in [1.165, 1.54) is 0 Å². The highest BCUT2D eigenvalue weighted by atomic mass is 16.7. The molecule has 0 unspecified atom stereocenters. The molecule has 0 aromatic heterocycles.